The summed E-state index contributed by atoms with van der Waals surface area (Å²) in [4.78, 5) is 29.3. The van der Waals surface area contributed by atoms with E-state index in [0.717, 1.165) is 21.9 Å². The molecule has 2 amide bonds. The summed E-state index contributed by atoms with van der Waals surface area (Å²) >= 11 is 1.45. The van der Waals surface area contributed by atoms with Crippen LogP contribution in [0.4, 0.5) is 0 Å². The summed E-state index contributed by atoms with van der Waals surface area (Å²) in [7, 11) is 0. The number of hydrogen-bond acceptors (Lipinski definition) is 4. The van der Waals surface area contributed by atoms with Crippen molar-refractivity contribution in [2.45, 2.75) is 0 Å². The van der Waals surface area contributed by atoms with E-state index in [2.05, 4.69) is 0 Å². The Balaban J connectivity index is 1.32. The molecule has 0 saturated carbocycles. The maximum atomic E-state index is 12.6. The predicted octanol–water partition coefficient (Wildman–Crippen LogP) is 4.54. The minimum absolute atomic E-state index is 0.0443. The van der Waals surface area contributed by atoms with Crippen LogP contribution in [0.5, 0.6) is 11.5 Å². The van der Waals surface area contributed by atoms with Gasteiger partial charge in [0, 0.05) is 32.3 Å². The van der Waals surface area contributed by atoms with E-state index in [-0.39, 0.29) is 11.8 Å². The maximum Gasteiger partial charge on any atom is 0.264 e. The Morgan fingerprint density at radius 1 is 0.833 bits per heavy atom. The van der Waals surface area contributed by atoms with E-state index < -0.39 is 0 Å². The van der Waals surface area contributed by atoms with Crippen molar-refractivity contribution in [2.24, 2.45) is 0 Å². The lowest BCUT2D eigenvalue weighted by atomic mass is 10.2. The highest BCUT2D eigenvalue weighted by Gasteiger charge is 2.24. The van der Waals surface area contributed by atoms with Crippen molar-refractivity contribution < 1.29 is 14.3 Å². The molecule has 2 aromatic carbocycles. The standard InChI is InChI=1S/C24H22N2O3S/c27-23(25-13-15-26(16-14-25)24(28)22-10-5-17-30-22)12-11-19-6-4-9-21(18-19)29-20-7-2-1-3-8-20/h1-12,17-18H,13-16H2. The lowest BCUT2D eigenvalue weighted by Crippen LogP contribution is -2.50. The molecule has 1 saturated heterocycles. The molecule has 0 aliphatic carbocycles. The number of amides is 2. The van der Waals surface area contributed by atoms with Gasteiger partial charge >= 0.3 is 0 Å². The van der Waals surface area contributed by atoms with Gasteiger partial charge in [0.1, 0.15) is 11.5 Å². The molecule has 3 aromatic rings. The number of thiophene rings is 1. The molecule has 0 unspecified atom stereocenters. The maximum absolute atomic E-state index is 12.6. The fourth-order valence-electron chi connectivity index (χ4n) is 3.27. The predicted molar refractivity (Wildman–Crippen MR) is 119 cm³/mol. The molecule has 0 N–H and O–H groups in total. The number of rotatable bonds is 5. The topological polar surface area (TPSA) is 49.9 Å². The van der Waals surface area contributed by atoms with Gasteiger partial charge < -0.3 is 14.5 Å². The molecule has 0 bridgehead atoms. The average molecular weight is 419 g/mol. The van der Waals surface area contributed by atoms with Crippen molar-refractivity contribution in [3.05, 3.63) is 88.6 Å². The molecule has 0 radical (unpaired) electrons. The van der Waals surface area contributed by atoms with Crippen LogP contribution in [0.2, 0.25) is 0 Å². The van der Waals surface area contributed by atoms with Crippen LogP contribution in [0, 0.1) is 0 Å². The molecule has 6 heteroatoms. The molecule has 1 fully saturated rings. The second-order valence-corrected chi connectivity index (χ2v) is 7.86. The summed E-state index contributed by atoms with van der Waals surface area (Å²) in [5.74, 6) is 1.48. The second-order valence-electron chi connectivity index (χ2n) is 6.92. The molecule has 152 valence electrons. The van der Waals surface area contributed by atoms with Gasteiger partial charge in [0.25, 0.3) is 5.91 Å². The molecule has 1 aliphatic heterocycles. The third-order valence-corrected chi connectivity index (χ3v) is 5.72. The summed E-state index contributed by atoms with van der Waals surface area (Å²) in [6.07, 6.45) is 3.38. The van der Waals surface area contributed by atoms with E-state index in [4.69, 9.17) is 4.74 Å². The average Bonchev–Trinajstić information content (AvgIpc) is 3.33. The van der Waals surface area contributed by atoms with Crippen molar-refractivity contribution in [2.75, 3.05) is 26.2 Å². The van der Waals surface area contributed by atoms with Gasteiger partial charge in [-0.3, -0.25) is 9.59 Å². The highest BCUT2D eigenvalue weighted by molar-refractivity contribution is 7.12. The summed E-state index contributed by atoms with van der Waals surface area (Å²) < 4.78 is 5.84. The molecular formula is C24H22N2O3S. The summed E-state index contributed by atoms with van der Waals surface area (Å²) in [5.41, 5.74) is 0.892. The number of nitrogens with zero attached hydrogens (tertiary/aromatic N) is 2. The number of carbonyl (C=O) groups is 2. The third-order valence-electron chi connectivity index (χ3n) is 4.87. The fraction of sp³-hybridized carbons (Fsp3) is 0.167. The Labute approximate surface area is 179 Å². The highest BCUT2D eigenvalue weighted by Crippen LogP contribution is 2.22. The molecule has 5 nitrogen and oxygen atoms in total. The van der Waals surface area contributed by atoms with Crippen LogP contribution in [-0.4, -0.2) is 47.8 Å². The smallest absolute Gasteiger partial charge is 0.264 e. The molecule has 0 atom stereocenters. The minimum Gasteiger partial charge on any atom is -0.457 e. The van der Waals surface area contributed by atoms with Crippen molar-refractivity contribution in [1.29, 1.82) is 0 Å². The highest BCUT2D eigenvalue weighted by atomic mass is 32.1. The lowest BCUT2D eigenvalue weighted by Gasteiger charge is -2.34. The normalized spacial score (nSPS) is 14.1. The molecule has 4 rings (SSSR count). The van der Waals surface area contributed by atoms with Crippen LogP contribution in [0.3, 0.4) is 0 Å². The minimum atomic E-state index is -0.0485. The number of carbonyl (C=O) groups excluding carboxylic acids is 2. The van der Waals surface area contributed by atoms with Crippen LogP contribution in [0.25, 0.3) is 6.08 Å². The SMILES string of the molecule is O=C(C=Cc1cccc(Oc2ccccc2)c1)N1CCN(C(=O)c2cccs2)CC1. The van der Waals surface area contributed by atoms with E-state index >= 15 is 0 Å². The van der Waals surface area contributed by atoms with Crippen LogP contribution < -0.4 is 4.74 Å². The van der Waals surface area contributed by atoms with E-state index in [0.29, 0.717) is 26.2 Å². The fourth-order valence-corrected chi connectivity index (χ4v) is 3.96. The number of hydrogen-bond donors (Lipinski definition) is 0. The van der Waals surface area contributed by atoms with Crippen LogP contribution in [0.1, 0.15) is 15.2 Å². The Morgan fingerprint density at radius 2 is 1.57 bits per heavy atom. The monoisotopic (exact) mass is 418 g/mol. The largest absolute Gasteiger partial charge is 0.457 e. The summed E-state index contributed by atoms with van der Waals surface area (Å²) in [6, 6.07) is 20.9. The zero-order valence-corrected chi connectivity index (χ0v) is 17.3. The molecular weight excluding hydrogens is 396 g/mol. The van der Waals surface area contributed by atoms with Gasteiger partial charge in [-0.1, -0.05) is 36.4 Å². The van der Waals surface area contributed by atoms with Gasteiger partial charge in [-0.25, -0.2) is 0 Å². The van der Waals surface area contributed by atoms with Gasteiger partial charge in [-0.2, -0.15) is 0 Å². The van der Waals surface area contributed by atoms with Crippen LogP contribution in [0.15, 0.2) is 78.2 Å². The summed E-state index contributed by atoms with van der Waals surface area (Å²) in [5, 5.41) is 1.90. The van der Waals surface area contributed by atoms with Gasteiger partial charge in [0.15, 0.2) is 0 Å². The Morgan fingerprint density at radius 3 is 2.30 bits per heavy atom. The van der Waals surface area contributed by atoms with Crippen LogP contribution >= 0.6 is 11.3 Å². The van der Waals surface area contributed by atoms with Gasteiger partial charge in [0.2, 0.25) is 5.91 Å². The van der Waals surface area contributed by atoms with Crippen molar-refractivity contribution in [3.63, 3.8) is 0 Å². The number of benzene rings is 2. The molecule has 1 aliphatic rings. The second kappa shape index (κ2) is 9.41. The third kappa shape index (κ3) is 4.96. The molecule has 2 heterocycles. The van der Waals surface area contributed by atoms with E-state index in [9.17, 15) is 9.59 Å². The molecule has 0 spiro atoms. The van der Waals surface area contributed by atoms with Crippen molar-refractivity contribution >= 4 is 29.2 Å². The Hall–Kier alpha value is -3.38. The first-order valence-electron chi connectivity index (χ1n) is 9.82. The van der Waals surface area contributed by atoms with E-state index in [1.807, 2.05) is 77.0 Å². The summed E-state index contributed by atoms with van der Waals surface area (Å²) in [6.45, 7) is 2.18. The Bertz CT molecular complexity index is 1020. The lowest BCUT2D eigenvalue weighted by molar-refractivity contribution is -0.127. The van der Waals surface area contributed by atoms with Crippen LogP contribution in [-0.2, 0) is 4.79 Å². The van der Waals surface area contributed by atoms with Gasteiger partial charge in [-0.15, -0.1) is 11.3 Å². The molecule has 30 heavy (non-hydrogen) atoms. The zero-order valence-electron chi connectivity index (χ0n) is 16.4. The van der Waals surface area contributed by atoms with E-state index in [1.54, 1.807) is 17.1 Å². The van der Waals surface area contributed by atoms with E-state index in [1.165, 1.54) is 11.3 Å². The number of piperazine rings is 1. The number of para-hydroxylation sites is 1. The van der Waals surface area contributed by atoms with Crippen molar-refractivity contribution in [1.82, 2.24) is 9.80 Å². The first-order chi connectivity index (χ1) is 14.7. The number of ether oxygens (including phenoxy) is 1. The molecule has 1 aromatic heterocycles. The first kappa shape index (κ1) is 19.9. The van der Waals surface area contributed by atoms with Crippen molar-refractivity contribution in [3.8, 4) is 11.5 Å². The Kier molecular flexibility index (Phi) is 6.25. The first-order valence-corrected chi connectivity index (χ1v) is 10.7. The quantitative estimate of drug-likeness (QED) is 0.572. The van der Waals surface area contributed by atoms with Gasteiger partial charge in [0.05, 0.1) is 4.88 Å². The zero-order chi connectivity index (χ0) is 20.8. The van der Waals surface area contributed by atoms with Gasteiger partial charge in [-0.05, 0) is 47.4 Å².